The van der Waals surface area contributed by atoms with Gasteiger partial charge in [-0.2, -0.15) is 5.10 Å². The number of nitrogens with two attached hydrogens (primary N) is 1. The van der Waals surface area contributed by atoms with E-state index in [2.05, 4.69) is 15.4 Å². The molecule has 1 aliphatic carbocycles. The number of carbonyl (C=O) groups excluding carboxylic acids is 2. The van der Waals surface area contributed by atoms with Gasteiger partial charge in [0, 0.05) is 23.0 Å². The highest BCUT2D eigenvalue weighted by Gasteiger charge is 2.28. The Kier molecular flexibility index (Phi) is 4.39. The SMILES string of the molecule is CC(C)n1ncc2c(C(=O)Nc3nc(CC(N)=O)cs3)cc(C3CC3)nc21. The predicted octanol–water partition coefficient (Wildman–Crippen LogP) is 2.63. The maximum Gasteiger partial charge on any atom is 0.258 e. The van der Waals surface area contributed by atoms with E-state index in [-0.39, 0.29) is 18.4 Å². The van der Waals surface area contributed by atoms with E-state index in [1.54, 1.807) is 11.6 Å². The van der Waals surface area contributed by atoms with Crippen LogP contribution in [0.4, 0.5) is 5.13 Å². The van der Waals surface area contributed by atoms with Crippen molar-refractivity contribution in [2.75, 3.05) is 5.32 Å². The summed E-state index contributed by atoms with van der Waals surface area (Å²) in [4.78, 5) is 33.0. The monoisotopic (exact) mass is 384 g/mol. The maximum absolute atomic E-state index is 12.9. The van der Waals surface area contributed by atoms with E-state index in [4.69, 9.17) is 10.7 Å². The molecule has 4 rings (SSSR count). The molecule has 0 atom stereocenters. The first-order valence-corrected chi connectivity index (χ1v) is 9.72. The second kappa shape index (κ2) is 6.73. The minimum Gasteiger partial charge on any atom is -0.369 e. The van der Waals surface area contributed by atoms with Gasteiger partial charge in [0.05, 0.1) is 29.3 Å². The summed E-state index contributed by atoms with van der Waals surface area (Å²) < 4.78 is 1.84. The first-order chi connectivity index (χ1) is 12.9. The first-order valence-electron chi connectivity index (χ1n) is 8.84. The average molecular weight is 384 g/mol. The van der Waals surface area contributed by atoms with Gasteiger partial charge in [0.2, 0.25) is 5.91 Å². The van der Waals surface area contributed by atoms with Gasteiger partial charge < -0.3 is 5.73 Å². The fraction of sp³-hybridized carbons (Fsp3) is 0.389. The molecule has 0 bridgehead atoms. The Morgan fingerprint density at radius 1 is 1.37 bits per heavy atom. The zero-order chi connectivity index (χ0) is 19.1. The van der Waals surface area contributed by atoms with Gasteiger partial charge in [-0.05, 0) is 32.8 Å². The van der Waals surface area contributed by atoms with E-state index in [9.17, 15) is 9.59 Å². The number of primary amides is 1. The fourth-order valence-electron chi connectivity index (χ4n) is 2.98. The molecule has 1 fully saturated rings. The Morgan fingerprint density at radius 2 is 2.15 bits per heavy atom. The van der Waals surface area contributed by atoms with Crippen LogP contribution in [0.5, 0.6) is 0 Å². The molecule has 0 saturated heterocycles. The van der Waals surface area contributed by atoms with Crippen LogP contribution in [0.15, 0.2) is 17.6 Å². The normalized spacial score (nSPS) is 14.0. The molecule has 3 aromatic heterocycles. The van der Waals surface area contributed by atoms with Crippen LogP contribution < -0.4 is 11.1 Å². The molecule has 2 amide bonds. The van der Waals surface area contributed by atoms with Gasteiger partial charge in [0.15, 0.2) is 10.8 Å². The number of amides is 2. The van der Waals surface area contributed by atoms with Crippen LogP contribution in [0.1, 0.15) is 60.4 Å². The summed E-state index contributed by atoms with van der Waals surface area (Å²) in [5.74, 6) is -0.296. The number of fused-ring (bicyclic) bond motifs is 1. The summed E-state index contributed by atoms with van der Waals surface area (Å²) in [7, 11) is 0. The third-order valence-electron chi connectivity index (χ3n) is 4.44. The van der Waals surface area contributed by atoms with Crippen LogP contribution in [0.3, 0.4) is 0 Å². The Balaban J connectivity index is 1.68. The number of hydrogen-bond donors (Lipinski definition) is 2. The highest BCUT2D eigenvalue weighted by atomic mass is 32.1. The van der Waals surface area contributed by atoms with E-state index in [1.807, 2.05) is 24.6 Å². The van der Waals surface area contributed by atoms with E-state index in [1.165, 1.54) is 11.3 Å². The Hall–Kier alpha value is -2.81. The Morgan fingerprint density at radius 3 is 2.81 bits per heavy atom. The molecule has 0 unspecified atom stereocenters. The van der Waals surface area contributed by atoms with Crippen LogP contribution >= 0.6 is 11.3 Å². The van der Waals surface area contributed by atoms with Crippen molar-refractivity contribution in [1.29, 1.82) is 0 Å². The van der Waals surface area contributed by atoms with E-state index >= 15 is 0 Å². The number of rotatable bonds is 6. The van der Waals surface area contributed by atoms with Gasteiger partial charge in [0.1, 0.15) is 0 Å². The molecule has 8 nitrogen and oxygen atoms in total. The predicted molar refractivity (Wildman–Crippen MR) is 103 cm³/mol. The molecule has 140 valence electrons. The molecule has 3 heterocycles. The van der Waals surface area contributed by atoms with Crippen LogP contribution in [-0.4, -0.2) is 31.6 Å². The highest BCUT2D eigenvalue weighted by Crippen LogP contribution is 2.40. The fourth-order valence-corrected chi connectivity index (χ4v) is 3.69. The van der Waals surface area contributed by atoms with Crippen molar-refractivity contribution in [2.45, 2.75) is 45.1 Å². The zero-order valence-electron chi connectivity index (χ0n) is 15.1. The molecule has 0 spiro atoms. The second-order valence-electron chi connectivity index (χ2n) is 7.03. The number of pyridine rings is 1. The second-order valence-corrected chi connectivity index (χ2v) is 7.89. The lowest BCUT2D eigenvalue weighted by Crippen LogP contribution is -2.15. The third-order valence-corrected chi connectivity index (χ3v) is 5.25. The topological polar surface area (TPSA) is 116 Å². The van der Waals surface area contributed by atoms with Gasteiger partial charge >= 0.3 is 0 Å². The van der Waals surface area contributed by atoms with Crippen LogP contribution in [-0.2, 0) is 11.2 Å². The molecular weight excluding hydrogens is 364 g/mol. The van der Waals surface area contributed by atoms with E-state index in [0.717, 1.165) is 29.6 Å². The number of nitrogens with one attached hydrogen (secondary N) is 1. The summed E-state index contributed by atoms with van der Waals surface area (Å²) in [5, 5.41) is 10.1. The number of aromatic nitrogens is 4. The zero-order valence-corrected chi connectivity index (χ0v) is 15.9. The molecule has 1 saturated carbocycles. The highest BCUT2D eigenvalue weighted by molar-refractivity contribution is 7.14. The number of anilines is 1. The van der Waals surface area contributed by atoms with E-state index in [0.29, 0.717) is 22.3 Å². The van der Waals surface area contributed by atoms with Gasteiger partial charge in [-0.1, -0.05) is 0 Å². The molecule has 3 aromatic rings. The number of carbonyl (C=O) groups is 2. The van der Waals surface area contributed by atoms with Crippen molar-refractivity contribution in [3.05, 3.63) is 34.6 Å². The molecule has 0 radical (unpaired) electrons. The molecule has 0 aliphatic heterocycles. The molecular formula is C18H20N6O2S. The molecule has 9 heteroatoms. The van der Waals surface area contributed by atoms with Gasteiger partial charge in [-0.25, -0.2) is 14.6 Å². The average Bonchev–Trinajstić information content (AvgIpc) is 3.23. The standard InChI is InChI=1S/C18H20N6O2S/c1-9(2)24-16-13(7-20-24)12(6-14(22-16)10-3-4-10)17(26)23-18-21-11(8-27-18)5-15(19)25/h6-10H,3-5H2,1-2H3,(H2,19,25)(H,21,23,26). The summed E-state index contributed by atoms with van der Waals surface area (Å²) in [5.41, 5.74) is 7.94. The van der Waals surface area contributed by atoms with Crippen molar-refractivity contribution in [2.24, 2.45) is 5.73 Å². The lowest BCUT2D eigenvalue weighted by Gasteiger charge is -2.10. The molecule has 27 heavy (non-hydrogen) atoms. The number of hydrogen-bond acceptors (Lipinski definition) is 6. The molecule has 1 aliphatic rings. The molecule has 0 aromatic carbocycles. The third kappa shape index (κ3) is 3.55. The van der Waals surface area contributed by atoms with Crippen LogP contribution in [0.2, 0.25) is 0 Å². The van der Waals surface area contributed by atoms with Crippen molar-refractivity contribution in [3.63, 3.8) is 0 Å². The van der Waals surface area contributed by atoms with Crippen molar-refractivity contribution in [3.8, 4) is 0 Å². The van der Waals surface area contributed by atoms with Crippen LogP contribution in [0, 0.1) is 0 Å². The van der Waals surface area contributed by atoms with Gasteiger partial charge in [0.25, 0.3) is 5.91 Å². The van der Waals surface area contributed by atoms with Gasteiger partial charge in [-0.15, -0.1) is 11.3 Å². The summed E-state index contributed by atoms with van der Waals surface area (Å²) >= 11 is 1.27. The van der Waals surface area contributed by atoms with Gasteiger partial charge in [-0.3, -0.25) is 14.9 Å². The summed E-state index contributed by atoms with van der Waals surface area (Å²) in [6.45, 7) is 4.07. The quantitative estimate of drug-likeness (QED) is 0.678. The van der Waals surface area contributed by atoms with Crippen LogP contribution in [0.25, 0.3) is 11.0 Å². The Labute approximate surface area is 159 Å². The molecule has 3 N–H and O–H groups in total. The number of nitrogens with zero attached hydrogens (tertiary/aromatic N) is 4. The van der Waals surface area contributed by atoms with Crippen molar-refractivity contribution >= 4 is 39.3 Å². The smallest absolute Gasteiger partial charge is 0.258 e. The largest absolute Gasteiger partial charge is 0.369 e. The first kappa shape index (κ1) is 17.6. The van der Waals surface area contributed by atoms with Crippen molar-refractivity contribution in [1.82, 2.24) is 19.7 Å². The number of thiazole rings is 1. The summed E-state index contributed by atoms with van der Waals surface area (Å²) in [6.07, 6.45) is 3.93. The minimum absolute atomic E-state index is 0.0544. The van der Waals surface area contributed by atoms with Crippen molar-refractivity contribution < 1.29 is 9.59 Å². The maximum atomic E-state index is 12.9. The van der Waals surface area contributed by atoms with E-state index < -0.39 is 5.91 Å². The lowest BCUT2D eigenvalue weighted by atomic mass is 10.1. The lowest BCUT2D eigenvalue weighted by molar-refractivity contribution is -0.117. The summed E-state index contributed by atoms with van der Waals surface area (Å²) in [6, 6.07) is 2.01. The Bertz CT molecular complexity index is 1030. The minimum atomic E-state index is -0.454.